The zero-order chi connectivity index (χ0) is 14.8. The number of fused-ring (bicyclic) bond motifs is 1. The number of halogens is 1. The van der Waals surface area contributed by atoms with Crippen LogP contribution in [0.5, 0.6) is 0 Å². The first kappa shape index (κ1) is 14.3. The summed E-state index contributed by atoms with van der Waals surface area (Å²) in [4.78, 5) is 14.5. The average Bonchev–Trinajstić information content (AvgIpc) is 2.92. The van der Waals surface area contributed by atoms with Crippen LogP contribution in [-0.4, -0.2) is 5.91 Å². The lowest BCUT2D eigenvalue weighted by Gasteiger charge is -2.13. The van der Waals surface area contributed by atoms with Crippen molar-refractivity contribution in [3.05, 3.63) is 57.0 Å². The third-order valence-electron chi connectivity index (χ3n) is 3.94. The van der Waals surface area contributed by atoms with Crippen LogP contribution >= 0.6 is 11.3 Å². The SMILES string of the molecule is CC(NC(=O)c1cc2c(s1)CCCC2)c1ccc(F)cc1. The number of carbonyl (C=O) groups is 1. The highest BCUT2D eigenvalue weighted by Crippen LogP contribution is 2.30. The molecule has 2 nitrogen and oxygen atoms in total. The molecule has 0 fully saturated rings. The molecule has 1 amide bonds. The molecule has 110 valence electrons. The number of amides is 1. The van der Waals surface area contributed by atoms with Crippen molar-refractivity contribution >= 4 is 17.2 Å². The predicted molar refractivity (Wildman–Crippen MR) is 83.2 cm³/mol. The molecule has 2 aromatic rings. The number of benzene rings is 1. The summed E-state index contributed by atoms with van der Waals surface area (Å²) < 4.78 is 12.9. The normalized spacial score (nSPS) is 15.3. The van der Waals surface area contributed by atoms with Crippen LogP contribution in [0.4, 0.5) is 4.39 Å². The van der Waals surface area contributed by atoms with E-state index in [2.05, 4.69) is 5.32 Å². The molecule has 1 unspecified atom stereocenters. The Hall–Kier alpha value is -1.68. The summed E-state index contributed by atoms with van der Waals surface area (Å²) in [6.45, 7) is 1.92. The minimum absolute atomic E-state index is 0.0359. The fourth-order valence-corrected chi connectivity index (χ4v) is 3.86. The number of rotatable bonds is 3. The van der Waals surface area contributed by atoms with Crippen LogP contribution in [0, 0.1) is 5.82 Å². The molecule has 1 atom stereocenters. The molecule has 1 N–H and O–H groups in total. The summed E-state index contributed by atoms with van der Waals surface area (Å²) >= 11 is 1.61. The first-order valence-corrected chi connectivity index (χ1v) is 8.13. The van der Waals surface area contributed by atoms with E-state index < -0.39 is 0 Å². The number of thiophene rings is 1. The van der Waals surface area contributed by atoms with E-state index in [4.69, 9.17) is 0 Å². The molecule has 4 heteroatoms. The Morgan fingerprint density at radius 3 is 2.67 bits per heavy atom. The van der Waals surface area contributed by atoms with E-state index in [1.54, 1.807) is 23.5 Å². The van der Waals surface area contributed by atoms with Crippen LogP contribution in [0.3, 0.4) is 0 Å². The Morgan fingerprint density at radius 1 is 1.24 bits per heavy atom. The fraction of sp³-hybridized carbons (Fsp3) is 0.353. The minimum Gasteiger partial charge on any atom is -0.345 e. The number of hydrogen-bond acceptors (Lipinski definition) is 2. The first-order valence-electron chi connectivity index (χ1n) is 7.31. The highest BCUT2D eigenvalue weighted by atomic mass is 32.1. The van der Waals surface area contributed by atoms with E-state index in [9.17, 15) is 9.18 Å². The third-order valence-corrected chi connectivity index (χ3v) is 5.17. The summed E-state index contributed by atoms with van der Waals surface area (Å²) in [6.07, 6.45) is 4.63. The maximum atomic E-state index is 12.9. The van der Waals surface area contributed by atoms with Gasteiger partial charge in [0.15, 0.2) is 0 Å². The molecule has 3 rings (SSSR count). The third kappa shape index (κ3) is 3.16. The van der Waals surface area contributed by atoms with Crippen LogP contribution in [0.1, 0.15) is 51.5 Å². The standard InChI is InChI=1S/C17H18FNOS/c1-11(12-6-8-14(18)9-7-12)19-17(20)16-10-13-4-2-3-5-15(13)21-16/h6-11H,2-5H2,1H3,(H,19,20). The van der Waals surface area contributed by atoms with Gasteiger partial charge in [0.05, 0.1) is 10.9 Å². The topological polar surface area (TPSA) is 29.1 Å². The zero-order valence-electron chi connectivity index (χ0n) is 12.0. The summed E-state index contributed by atoms with van der Waals surface area (Å²) in [5, 5.41) is 2.99. The van der Waals surface area contributed by atoms with Gasteiger partial charge in [-0.05, 0) is 61.9 Å². The van der Waals surface area contributed by atoms with E-state index in [1.807, 2.05) is 13.0 Å². The van der Waals surface area contributed by atoms with Gasteiger partial charge in [0.2, 0.25) is 0 Å². The van der Waals surface area contributed by atoms with E-state index >= 15 is 0 Å². The van der Waals surface area contributed by atoms with Crippen LogP contribution in [0.15, 0.2) is 30.3 Å². The van der Waals surface area contributed by atoms with Gasteiger partial charge in [-0.1, -0.05) is 12.1 Å². The monoisotopic (exact) mass is 303 g/mol. The molecule has 0 aliphatic heterocycles. The number of aryl methyl sites for hydroxylation is 2. The van der Waals surface area contributed by atoms with Crippen molar-refractivity contribution in [3.63, 3.8) is 0 Å². The van der Waals surface area contributed by atoms with Crippen LogP contribution < -0.4 is 5.32 Å². The largest absolute Gasteiger partial charge is 0.345 e. The summed E-state index contributed by atoms with van der Waals surface area (Å²) in [6, 6.07) is 8.16. The van der Waals surface area contributed by atoms with Gasteiger partial charge in [-0.2, -0.15) is 0 Å². The highest BCUT2D eigenvalue weighted by Gasteiger charge is 2.18. The van der Waals surface area contributed by atoms with Gasteiger partial charge in [0, 0.05) is 4.88 Å². The van der Waals surface area contributed by atoms with Crippen molar-refractivity contribution < 1.29 is 9.18 Å². The molecule has 0 radical (unpaired) electrons. The molecule has 0 saturated heterocycles. The van der Waals surface area contributed by atoms with Gasteiger partial charge in [-0.25, -0.2) is 4.39 Å². The van der Waals surface area contributed by atoms with Gasteiger partial charge in [-0.3, -0.25) is 4.79 Å². The lowest BCUT2D eigenvalue weighted by atomic mass is 9.99. The van der Waals surface area contributed by atoms with Gasteiger partial charge in [0.25, 0.3) is 5.91 Å². The van der Waals surface area contributed by atoms with Gasteiger partial charge in [-0.15, -0.1) is 11.3 Å². The number of nitrogens with one attached hydrogen (secondary N) is 1. The van der Waals surface area contributed by atoms with Gasteiger partial charge >= 0.3 is 0 Å². The summed E-state index contributed by atoms with van der Waals surface area (Å²) in [7, 11) is 0. The molecule has 1 heterocycles. The van der Waals surface area contributed by atoms with Crippen molar-refractivity contribution in [3.8, 4) is 0 Å². The van der Waals surface area contributed by atoms with Crippen LogP contribution in [0.25, 0.3) is 0 Å². The van der Waals surface area contributed by atoms with Crippen molar-refractivity contribution in [1.29, 1.82) is 0 Å². The Bertz CT molecular complexity index is 624. The van der Waals surface area contributed by atoms with Crippen molar-refractivity contribution in [2.45, 2.75) is 38.6 Å². The molecular weight excluding hydrogens is 285 g/mol. The Morgan fingerprint density at radius 2 is 1.95 bits per heavy atom. The quantitative estimate of drug-likeness (QED) is 0.902. The Kier molecular flexibility index (Phi) is 4.06. The summed E-state index contributed by atoms with van der Waals surface area (Å²) in [5.41, 5.74) is 2.25. The Balaban J connectivity index is 1.70. The first-order chi connectivity index (χ1) is 10.1. The molecular formula is C17H18FNOS. The molecule has 0 spiro atoms. The number of carbonyl (C=O) groups excluding carboxylic acids is 1. The maximum absolute atomic E-state index is 12.9. The molecule has 0 saturated carbocycles. The van der Waals surface area contributed by atoms with Gasteiger partial charge < -0.3 is 5.32 Å². The van der Waals surface area contributed by atoms with Crippen LogP contribution in [-0.2, 0) is 12.8 Å². The predicted octanol–water partition coefficient (Wildman–Crippen LogP) is 4.26. The van der Waals surface area contributed by atoms with Crippen LogP contribution in [0.2, 0.25) is 0 Å². The van der Waals surface area contributed by atoms with Gasteiger partial charge in [0.1, 0.15) is 5.82 Å². The zero-order valence-corrected chi connectivity index (χ0v) is 12.8. The van der Waals surface area contributed by atoms with E-state index in [0.717, 1.165) is 23.3 Å². The molecule has 1 aromatic heterocycles. The lowest BCUT2D eigenvalue weighted by molar-refractivity contribution is 0.0944. The molecule has 21 heavy (non-hydrogen) atoms. The summed E-state index contributed by atoms with van der Waals surface area (Å²) in [5.74, 6) is -0.297. The van der Waals surface area contributed by atoms with Crippen molar-refractivity contribution in [2.24, 2.45) is 0 Å². The van der Waals surface area contributed by atoms with E-state index in [1.165, 1.54) is 35.4 Å². The smallest absolute Gasteiger partial charge is 0.261 e. The average molecular weight is 303 g/mol. The number of hydrogen-bond donors (Lipinski definition) is 1. The Labute approximate surface area is 128 Å². The fourth-order valence-electron chi connectivity index (χ4n) is 2.71. The molecule has 1 aliphatic rings. The molecule has 0 bridgehead atoms. The van der Waals surface area contributed by atoms with E-state index in [0.29, 0.717) is 0 Å². The second-order valence-electron chi connectivity index (χ2n) is 5.51. The van der Waals surface area contributed by atoms with Crippen molar-refractivity contribution in [1.82, 2.24) is 5.32 Å². The highest BCUT2D eigenvalue weighted by molar-refractivity contribution is 7.14. The minimum atomic E-state index is -0.261. The molecule has 1 aliphatic carbocycles. The second-order valence-corrected chi connectivity index (χ2v) is 6.65. The van der Waals surface area contributed by atoms with Crippen molar-refractivity contribution in [2.75, 3.05) is 0 Å². The van der Waals surface area contributed by atoms with E-state index in [-0.39, 0.29) is 17.8 Å². The molecule has 1 aromatic carbocycles. The maximum Gasteiger partial charge on any atom is 0.261 e. The second kappa shape index (κ2) is 5.98. The lowest BCUT2D eigenvalue weighted by Crippen LogP contribution is -2.25.